The molecule has 1 aliphatic rings. The lowest BCUT2D eigenvalue weighted by Gasteiger charge is -2.14. The maximum Gasteiger partial charge on any atom is 0.242 e. The molecule has 2 atom stereocenters. The Morgan fingerprint density at radius 1 is 1.00 bits per heavy atom. The lowest BCUT2D eigenvalue weighted by molar-refractivity contribution is -0.117. The van der Waals surface area contributed by atoms with Crippen molar-refractivity contribution in [3.05, 3.63) is 77.9 Å². The number of amides is 1. The molecule has 0 aromatic heterocycles. The fourth-order valence-electron chi connectivity index (χ4n) is 3.69. The number of fused-ring (bicyclic) bond motifs is 1. The van der Waals surface area contributed by atoms with E-state index in [2.05, 4.69) is 72.5 Å². The maximum absolute atomic E-state index is 12.7. The highest BCUT2D eigenvalue weighted by atomic mass is 16.2. The Labute approximate surface area is 160 Å². The van der Waals surface area contributed by atoms with Crippen molar-refractivity contribution in [2.24, 2.45) is 0 Å². The first-order chi connectivity index (χ1) is 13.1. The van der Waals surface area contributed by atoms with Crippen molar-refractivity contribution in [2.75, 3.05) is 5.32 Å². The summed E-state index contributed by atoms with van der Waals surface area (Å²) in [7, 11) is 0. The summed E-state index contributed by atoms with van der Waals surface area (Å²) in [6.45, 7) is 4.30. The quantitative estimate of drug-likeness (QED) is 0.642. The van der Waals surface area contributed by atoms with Gasteiger partial charge in [0.25, 0.3) is 0 Å². The monoisotopic (exact) mass is 359 g/mol. The summed E-state index contributed by atoms with van der Waals surface area (Å²) in [6, 6.07) is 22.6. The van der Waals surface area contributed by atoms with Crippen molar-refractivity contribution in [1.29, 1.82) is 0 Å². The van der Waals surface area contributed by atoms with E-state index in [-0.39, 0.29) is 18.0 Å². The lowest BCUT2D eigenvalue weighted by atomic mass is 9.96. The van der Waals surface area contributed by atoms with Crippen LogP contribution in [0.5, 0.6) is 0 Å². The van der Waals surface area contributed by atoms with Crippen LogP contribution in [0.4, 0.5) is 5.69 Å². The summed E-state index contributed by atoms with van der Waals surface area (Å²) in [5, 5.41) is 5.49. The highest BCUT2D eigenvalue weighted by Crippen LogP contribution is 2.29. The number of rotatable bonds is 4. The molecule has 4 heteroatoms. The van der Waals surface area contributed by atoms with Gasteiger partial charge in [0, 0.05) is 11.7 Å². The van der Waals surface area contributed by atoms with Crippen LogP contribution in [0, 0.1) is 0 Å². The van der Waals surface area contributed by atoms with Crippen molar-refractivity contribution in [3.8, 4) is 0 Å². The number of hydrogen-bond donors (Lipinski definition) is 3. The lowest BCUT2D eigenvalue weighted by Crippen LogP contribution is -2.39. The molecule has 0 bridgehead atoms. The Balaban J connectivity index is 1.47. The summed E-state index contributed by atoms with van der Waals surface area (Å²) in [5.41, 5.74) is 9.76. The van der Waals surface area contributed by atoms with Gasteiger partial charge in [-0.3, -0.25) is 4.79 Å². The van der Waals surface area contributed by atoms with Gasteiger partial charge in [-0.1, -0.05) is 68.4 Å². The van der Waals surface area contributed by atoms with Crippen LogP contribution >= 0.6 is 0 Å². The first kappa shape index (κ1) is 17.7. The van der Waals surface area contributed by atoms with Crippen molar-refractivity contribution in [3.63, 3.8) is 0 Å². The second kappa shape index (κ2) is 7.51. The molecule has 0 radical (unpaired) electrons. The summed E-state index contributed by atoms with van der Waals surface area (Å²) in [5.74, 6) is 0.426. The van der Waals surface area contributed by atoms with Gasteiger partial charge in [0.15, 0.2) is 0 Å². The SMILES string of the molecule is CC(C)c1cccc(NC(=O)C2CC(c3cccc4ccccc34)NN2)c1. The number of nitrogens with one attached hydrogen (secondary N) is 3. The molecular weight excluding hydrogens is 334 g/mol. The molecule has 1 heterocycles. The molecule has 1 amide bonds. The fourth-order valence-corrected chi connectivity index (χ4v) is 3.69. The predicted molar refractivity (Wildman–Crippen MR) is 111 cm³/mol. The Bertz CT molecular complexity index is 961. The van der Waals surface area contributed by atoms with Gasteiger partial charge in [0.2, 0.25) is 5.91 Å². The third kappa shape index (κ3) is 3.72. The standard InChI is InChI=1S/C23H25N3O/c1-15(2)17-9-5-10-18(13-17)24-23(27)22-14-21(25-26-22)20-12-6-8-16-7-3-4-11-19(16)20/h3-13,15,21-22,25-26H,14H2,1-2H3,(H,24,27). The molecule has 0 saturated carbocycles. The number of carbonyl (C=O) groups excluding carboxylic acids is 1. The molecule has 4 rings (SSSR count). The van der Waals surface area contributed by atoms with Crippen LogP contribution in [0.15, 0.2) is 66.7 Å². The normalized spacial score (nSPS) is 19.5. The summed E-state index contributed by atoms with van der Waals surface area (Å²) >= 11 is 0. The minimum atomic E-state index is -0.267. The molecule has 1 aliphatic heterocycles. The molecule has 0 aliphatic carbocycles. The van der Waals surface area contributed by atoms with Crippen LogP contribution in [-0.4, -0.2) is 11.9 Å². The van der Waals surface area contributed by atoms with E-state index in [1.807, 2.05) is 24.3 Å². The zero-order valence-corrected chi connectivity index (χ0v) is 15.7. The van der Waals surface area contributed by atoms with E-state index in [1.54, 1.807) is 0 Å². The number of anilines is 1. The molecule has 1 fully saturated rings. The fraction of sp³-hybridized carbons (Fsp3) is 0.261. The van der Waals surface area contributed by atoms with Gasteiger partial charge in [-0.25, -0.2) is 10.9 Å². The Morgan fingerprint density at radius 3 is 2.63 bits per heavy atom. The summed E-state index contributed by atoms with van der Waals surface area (Å²) in [4.78, 5) is 12.7. The summed E-state index contributed by atoms with van der Waals surface area (Å²) < 4.78 is 0. The molecule has 4 nitrogen and oxygen atoms in total. The Hall–Kier alpha value is -2.69. The molecule has 3 aromatic rings. The van der Waals surface area contributed by atoms with Gasteiger partial charge in [0.1, 0.15) is 6.04 Å². The smallest absolute Gasteiger partial charge is 0.242 e. The van der Waals surface area contributed by atoms with Crippen LogP contribution in [-0.2, 0) is 4.79 Å². The van der Waals surface area contributed by atoms with Gasteiger partial charge >= 0.3 is 0 Å². The molecule has 27 heavy (non-hydrogen) atoms. The maximum atomic E-state index is 12.7. The average molecular weight is 359 g/mol. The van der Waals surface area contributed by atoms with Crippen molar-refractivity contribution >= 4 is 22.4 Å². The number of benzene rings is 3. The van der Waals surface area contributed by atoms with Crippen LogP contribution in [0.25, 0.3) is 10.8 Å². The van der Waals surface area contributed by atoms with Crippen LogP contribution in [0.3, 0.4) is 0 Å². The number of hydrazine groups is 1. The molecule has 0 spiro atoms. The van der Waals surface area contributed by atoms with Crippen molar-refractivity contribution in [2.45, 2.75) is 38.3 Å². The number of hydrogen-bond acceptors (Lipinski definition) is 3. The predicted octanol–water partition coefficient (Wildman–Crippen LogP) is 4.51. The minimum absolute atomic E-state index is 0.00820. The first-order valence-corrected chi connectivity index (χ1v) is 9.51. The van der Waals surface area contributed by atoms with Gasteiger partial charge in [-0.05, 0) is 46.4 Å². The second-order valence-electron chi connectivity index (χ2n) is 7.47. The van der Waals surface area contributed by atoms with Gasteiger partial charge in [-0.2, -0.15) is 0 Å². The second-order valence-corrected chi connectivity index (χ2v) is 7.47. The van der Waals surface area contributed by atoms with Crippen molar-refractivity contribution < 1.29 is 4.79 Å². The molecule has 2 unspecified atom stereocenters. The largest absolute Gasteiger partial charge is 0.325 e. The Morgan fingerprint density at radius 2 is 1.78 bits per heavy atom. The van der Waals surface area contributed by atoms with Gasteiger partial charge in [0.05, 0.1) is 0 Å². The van der Waals surface area contributed by atoms with E-state index >= 15 is 0 Å². The topological polar surface area (TPSA) is 53.2 Å². The number of carbonyl (C=O) groups is 1. The van der Waals surface area contributed by atoms with E-state index in [0.717, 1.165) is 5.69 Å². The van der Waals surface area contributed by atoms with E-state index in [9.17, 15) is 4.79 Å². The van der Waals surface area contributed by atoms with Crippen LogP contribution in [0.1, 0.15) is 43.4 Å². The first-order valence-electron chi connectivity index (χ1n) is 9.51. The highest BCUT2D eigenvalue weighted by molar-refractivity contribution is 5.95. The molecule has 138 valence electrons. The third-order valence-electron chi connectivity index (χ3n) is 5.24. The van der Waals surface area contributed by atoms with Crippen molar-refractivity contribution in [1.82, 2.24) is 10.9 Å². The zero-order chi connectivity index (χ0) is 18.8. The minimum Gasteiger partial charge on any atom is -0.325 e. The van der Waals surface area contributed by atoms with E-state index in [4.69, 9.17) is 0 Å². The van der Waals surface area contributed by atoms with Crippen LogP contribution in [0.2, 0.25) is 0 Å². The highest BCUT2D eigenvalue weighted by Gasteiger charge is 2.30. The van der Waals surface area contributed by atoms with Gasteiger partial charge in [-0.15, -0.1) is 0 Å². The summed E-state index contributed by atoms with van der Waals surface area (Å²) in [6.07, 6.45) is 0.712. The molecule has 1 saturated heterocycles. The Kier molecular flexibility index (Phi) is 4.92. The zero-order valence-electron chi connectivity index (χ0n) is 15.7. The van der Waals surface area contributed by atoms with E-state index in [0.29, 0.717) is 12.3 Å². The molecule has 3 aromatic carbocycles. The third-order valence-corrected chi connectivity index (χ3v) is 5.24. The van der Waals surface area contributed by atoms with Crippen LogP contribution < -0.4 is 16.2 Å². The average Bonchev–Trinajstić information content (AvgIpc) is 3.18. The van der Waals surface area contributed by atoms with E-state index < -0.39 is 0 Å². The molecule has 3 N–H and O–H groups in total. The van der Waals surface area contributed by atoms with E-state index in [1.165, 1.54) is 21.9 Å². The van der Waals surface area contributed by atoms with Gasteiger partial charge < -0.3 is 5.32 Å². The molecular formula is C23H25N3O.